The molecule has 0 radical (unpaired) electrons. The molecule has 3 aromatic carbocycles. The summed E-state index contributed by atoms with van der Waals surface area (Å²) in [5.41, 5.74) is 3.61. The molecule has 1 aliphatic rings. The van der Waals surface area contributed by atoms with Gasteiger partial charge in [0.05, 0.1) is 11.9 Å². The maximum atomic E-state index is 14.9. The number of nitrogens with one attached hydrogen (secondary N) is 1. The van der Waals surface area contributed by atoms with Crippen LogP contribution < -0.4 is 9.62 Å². The molecule has 0 aliphatic heterocycles. The van der Waals surface area contributed by atoms with Crippen molar-refractivity contribution in [3.05, 3.63) is 101 Å². The molecule has 0 aromatic heterocycles. The normalized spacial score (nSPS) is 14.5. The summed E-state index contributed by atoms with van der Waals surface area (Å²) in [5, 5.41) is 3.19. The van der Waals surface area contributed by atoms with Gasteiger partial charge in [0.15, 0.2) is 0 Å². The van der Waals surface area contributed by atoms with Gasteiger partial charge in [-0.25, -0.2) is 12.8 Å². The van der Waals surface area contributed by atoms with E-state index in [-0.39, 0.29) is 50.2 Å². The first-order valence-corrected chi connectivity index (χ1v) is 17.3. The van der Waals surface area contributed by atoms with Crippen molar-refractivity contribution in [1.29, 1.82) is 0 Å². The van der Waals surface area contributed by atoms with Crippen LogP contribution in [0.1, 0.15) is 67.2 Å². The van der Waals surface area contributed by atoms with Crippen LogP contribution >= 0.6 is 0 Å². The van der Waals surface area contributed by atoms with E-state index in [0.717, 1.165) is 55.1 Å². The van der Waals surface area contributed by atoms with Crippen molar-refractivity contribution >= 4 is 27.5 Å². The number of hydrogen-bond donors (Lipinski definition) is 1. The molecule has 0 bridgehead atoms. The van der Waals surface area contributed by atoms with Gasteiger partial charge < -0.3 is 10.2 Å². The molecule has 0 saturated heterocycles. The van der Waals surface area contributed by atoms with Crippen LogP contribution in [0.2, 0.25) is 0 Å². The molecular formula is C35H44FN3O4S. The Morgan fingerprint density at radius 3 is 2.30 bits per heavy atom. The van der Waals surface area contributed by atoms with Crippen molar-refractivity contribution in [1.82, 2.24) is 10.2 Å². The minimum atomic E-state index is -3.62. The van der Waals surface area contributed by atoms with Crippen LogP contribution in [0.4, 0.5) is 10.1 Å². The summed E-state index contributed by atoms with van der Waals surface area (Å²) in [5.74, 6) is -1.03. The third-order valence-corrected chi connectivity index (χ3v) is 9.70. The predicted molar refractivity (Wildman–Crippen MR) is 173 cm³/mol. The van der Waals surface area contributed by atoms with Crippen molar-refractivity contribution in [3.8, 4) is 0 Å². The number of amides is 2. The molecule has 7 nitrogen and oxygen atoms in total. The minimum Gasteiger partial charge on any atom is -0.352 e. The third kappa shape index (κ3) is 8.91. The van der Waals surface area contributed by atoms with E-state index in [4.69, 9.17) is 0 Å². The van der Waals surface area contributed by atoms with E-state index in [9.17, 15) is 22.4 Å². The number of nitrogens with zero attached hydrogens (tertiary/aromatic N) is 2. The Kier molecular flexibility index (Phi) is 11.6. The summed E-state index contributed by atoms with van der Waals surface area (Å²) in [6.45, 7) is 3.83. The fraction of sp³-hybridized carbons (Fsp3) is 0.429. The quantitative estimate of drug-likeness (QED) is 0.251. The van der Waals surface area contributed by atoms with E-state index in [1.165, 1.54) is 15.3 Å². The molecular weight excluding hydrogens is 577 g/mol. The van der Waals surface area contributed by atoms with Gasteiger partial charge in [0.2, 0.25) is 21.8 Å². The first-order valence-electron chi connectivity index (χ1n) is 15.5. The topological polar surface area (TPSA) is 86.8 Å². The number of anilines is 1. The second kappa shape index (κ2) is 15.3. The average molecular weight is 622 g/mol. The molecule has 1 fully saturated rings. The molecule has 1 N–H and O–H groups in total. The molecule has 4 rings (SSSR count). The van der Waals surface area contributed by atoms with Gasteiger partial charge in [-0.1, -0.05) is 79.9 Å². The Labute approximate surface area is 261 Å². The molecule has 1 aliphatic carbocycles. The fourth-order valence-electron chi connectivity index (χ4n) is 5.90. The summed E-state index contributed by atoms with van der Waals surface area (Å²) in [6.07, 6.45) is 6.68. The summed E-state index contributed by atoms with van der Waals surface area (Å²) in [7, 11) is -3.62. The largest absolute Gasteiger partial charge is 0.352 e. The Hall–Kier alpha value is -3.72. The highest BCUT2D eigenvalue weighted by Gasteiger charge is 2.32. The Morgan fingerprint density at radius 2 is 1.61 bits per heavy atom. The molecule has 2 amide bonds. The van der Waals surface area contributed by atoms with Crippen molar-refractivity contribution in [2.75, 3.05) is 17.1 Å². The maximum Gasteiger partial charge on any atom is 0.243 e. The van der Waals surface area contributed by atoms with Gasteiger partial charge >= 0.3 is 0 Å². The van der Waals surface area contributed by atoms with E-state index >= 15 is 0 Å². The van der Waals surface area contributed by atoms with Crippen LogP contribution in [0.15, 0.2) is 72.8 Å². The van der Waals surface area contributed by atoms with Crippen LogP contribution in [0.25, 0.3) is 0 Å². The van der Waals surface area contributed by atoms with Crippen LogP contribution in [-0.2, 0) is 32.6 Å². The van der Waals surface area contributed by atoms with Crippen molar-refractivity contribution < 1.29 is 22.4 Å². The highest BCUT2D eigenvalue weighted by Crippen LogP contribution is 2.26. The molecule has 0 heterocycles. The average Bonchev–Trinajstić information content (AvgIpc) is 3.00. The molecule has 3 aromatic rings. The van der Waals surface area contributed by atoms with E-state index < -0.39 is 21.9 Å². The van der Waals surface area contributed by atoms with Gasteiger partial charge in [-0.05, 0) is 61.9 Å². The molecule has 9 heteroatoms. The number of rotatable bonds is 13. The monoisotopic (exact) mass is 621 g/mol. The van der Waals surface area contributed by atoms with Gasteiger partial charge in [-0.3, -0.25) is 13.9 Å². The zero-order chi connectivity index (χ0) is 31.7. The fourth-order valence-corrected chi connectivity index (χ4v) is 6.91. The first kappa shape index (κ1) is 33.2. The zero-order valence-corrected chi connectivity index (χ0v) is 26.8. The van der Waals surface area contributed by atoms with Crippen LogP contribution in [0, 0.1) is 19.7 Å². The van der Waals surface area contributed by atoms with Crippen LogP contribution in [0.5, 0.6) is 0 Å². The van der Waals surface area contributed by atoms with Gasteiger partial charge in [0.25, 0.3) is 0 Å². The first-order chi connectivity index (χ1) is 21.0. The lowest BCUT2D eigenvalue weighted by Crippen LogP contribution is -2.53. The molecule has 0 spiro atoms. The van der Waals surface area contributed by atoms with Crippen LogP contribution in [0.3, 0.4) is 0 Å². The smallest absolute Gasteiger partial charge is 0.243 e. The van der Waals surface area contributed by atoms with E-state index in [1.54, 1.807) is 24.3 Å². The summed E-state index contributed by atoms with van der Waals surface area (Å²) < 4.78 is 41.9. The van der Waals surface area contributed by atoms with E-state index in [0.29, 0.717) is 11.3 Å². The molecule has 1 atom stereocenters. The SMILES string of the molecule is Cc1cccc(N(CCCC(=O)N(Cc2ccccc2F)[C@@H](Cc2ccccc2)C(=O)NC2CCCCC2)S(C)(=O)=O)c1C. The number of carbonyl (C=O) groups is 2. The van der Waals surface area contributed by atoms with Gasteiger partial charge in [0.1, 0.15) is 11.9 Å². The number of sulfonamides is 1. The second-order valence-corrected chi connectivity index (χ2v) is 13.7. The molecule has 0 unspecified atom stereocenters. The highest BCUT2D eigenvalue weighted by molar-refractivity contribution is 7.92. The lowest BCUT2D eigenvalue weighted by Gasteiger charge is -2.34. The Bertz CT molecular complexity index is 1520. The second-order valence-electron chi connectivity index (χ2n) is 11.8. The Balaban J connectivity index is 1.61. The Morgan fingerprint density at radius 1 is 0.932 bits per heavy atom. The van der Waals surface area contributed by atoms with Crippen molar-refractivity contribution in [2.24, 2.45) is 0 Å². The van der Waals surface area contributed by atoms with Crippen molar-refractivity contribution in [3.63, 3.8) is 0 Å². The van der Waals surface area contributed by atoms with Gasteiger partial charge in [-0.15, -0.1) is 0 Å². The molecule has 236 valence electrons. The third-order valence-electron chi connectivity index (χ3n) is 8.52. The summed E-state index contributed by atoms with van der Waals surface area (Å²) in [6, 6.07) is 20.5. The summed E-state index contributed by atoms with van der Waals surface area (Å²) in [4.78, 5) is 29.4. The highest BCUT2D eigenvalue weighted by atomic mass is 32.2. The van der Waals surface area contributed by atoms with E-state index in [2.05, 4.69) is 5.32 Å². The number of carbonyl (C=O) groups excluding carboxylic acids is 2. The lowest BCUT2D eigenvalue weighted by atomic mass is 9.94. The minimum absolute atomic E-state index is 0.00661. The lowest BCUT2D eigenvalue weighted by molar-refractivity contribution is -0.141. The zero-order valence-electron chi connectivity index (χ0n) is 26.0. The van der Waals surface area contributed by atoms with E-state index in [1.807, 2.05) is 56.3 Å². The van der Waals surface area contributed by atoms with Crippen LogP contribution in [-0.4, -0.2) is 50.0 Å². The van der Waals surface area contributed by atoms with Gasteiger partial charge in [0, 0.05) is 37.5 Å². The molecule has 1 saturated carbocycles. The molecule has 44 heavy (non-hydrogen) atoms. The number of hydrogen-bond acceptors (Lipinski definition) is 4. The maximum absolute atomic E-state index is 14.9. The number of aryl methyl sites for hydroxylation is 1. The van der Waals surface area contributed by atoms with Crippen molar-refractivity contribution in [2.45, 2.75) is 83.8 Å². The summed E-state index contributed by atoms with van der Waals surface area (Å²) >= 11 is 0. The standard InChI is InChI=1S/C35H44FN3O4S/c1-26-14-12-21-32(27(26)2)39(44(3,42)43)23-13-22-34(40)38(25-29-17-10-11-20-31(29)36)33(24-28-15-6-4-7-16-28)35(41)37-30-18-8-5-9-19-30/h4,6-7,10-12,14-17,20-21,30,33H,5,8-9,13,18-19,22-25H2,1-3H3,(H,37,41)/t33-/m0/s1. The number of benzene rings is 3. The predicted octanol–water partition coefficient (Wildman–Crippen LogP) is 6.08. The van der Waals surface area contributed by atoms with Gasteiger partial charge in [-0.2, -0.15) is 0 Å². The number of halogens is 1.